The number of nitrogens with two attached hydrogens (primary N) is 1. The minimum absolute atomic E-state index is 0. The third kappa shape index (κ3) is 5.60. The number of alkyl halides is 3. The summed E-state index contributed by atoms with van der Waals surface area (Å²) in [7, 11) is 0. The first-order valence-electron chi connectivity index (χ1n) is 11.3. The summed E-state index contributed by atoms with van der Waals surface area (Å²) in [5, 5.41) is 19.1. The molecular weight excluding hydrogens is 532 g/mol. The molecular formula is C24H27Cl2F3N6O2. The summed E-state index contributed by atoms with van der Waals surface area (Å²) in [5.41, 5.74) is 7.24. The van der Waals surface area contributed by atoms with E-state index in [1.807, 2.05) is 38.1 Å². The monoisotopic (exact) mass is 558 g/mol. The van der Waals surface area contributed by atoms with Crippen molar-refractivity contribution in [3.05, 3.63) is 54.2 Å². The smallest absolute Gasteiger partial charge is 0.408 e. The van der Waals surface area contributed by atoms with Crippen LogP contribution in [0.5, 0.6) is 5.75 Å². The van der Waals surface area contributed by atoms with E-state index in [0.717, 1.165) is 10.3 Å². The fraction of sp³-hybridized carbons (Fsp3) is 0.375. The van der Waals surface area contributed by atoms with Crippen molar-refractivity contribution in [2.75, 3.05) is 13.1 Å². The highest BCUT2D eigenvalue weighted by Gasteiger charge is 2.48. The number of hydrogen-bond acceptors (Lipinski definition) is 7. The Kier molecular flexibility index (Phi) is 8.55. The standard InChI is InChI=1S/C24H25F3N6O2.2ClH/c1-13(2)35-19-5-3-4-14-6-8-17(29-21(14)19)23-31-30-20-9-7-15(10-33(20)23)22(24(25,26)27)32-11-16(28)18(34)12-32;;/h3-10,13,16,18,22,34H,11-12,28H2,1-2H3;2*1H/t16-,18+,22-;;/m1../s1. The highest BCUT2D eigenvalue weighted by Crippen LogP contribution is 2.39. The number of β-amino-alcohol motifs (C(OH)–C–C–N with tert-alkyl or cyclic N) is 1. The van der Waals surface area contributed by atoms with E-state index in [-0.39, 0.29) is 49.6 Å². The predicted octanol–water partition coefficient (Wildman–Crippen LogP) is 4.18. The number of para-hydroxylation sites is 1. The minimum atomic E-state index is -4.57. The van der Waals surface area contributed by atoms with Crippen molar-refractivity contribution in [3.8, 4) is 17.3 Å². The van der Waals surface area contributed by atoms with Crippen LogP contribution in [0.1, 0.15) is 25.5 Å². The van der Waals surface area contributed by atoms with Crippen LogP contribution >= 0.6 is 24.8 Å². The van der Waals surface area contributed by atoms with Gasteiger partial charge in [0.1, 0.15) is 23.0 Å². The molecule has 5 rings (SSSR count). The van der Waals surface area contributed by atoms with Crippen LogP contribution in [0.3, 0.4) is 0 Å². The Labute approximate surface area is 223 Å². The normalized spacial score (nSPS) is 19.1. The van der Waals surface area contributed by atoms with Gasteiger partial charge >= 0.3 is 6.18 Å². The molecule has 8 nitrogen and oxygen atoms in total. The zero-order valence-corrected chi connectivity index (χ0v) is 21.6. The van der Waals surface area contributed by atoms with E-state index in [0.29, 0.717) is 28.4 Å². The topological polar surface area (TPSA) is 102 Å². The first-order valence-corrected chi connectivity index (χ1v) is 11.3. The van der Waals surface area contributed by atoms with Crippen molar-refractivity contribution < 1.29 is 23.0 Å². The van der Waals surface area contributed by atoms with E-state index in [1.54, 1.807) is 6.07 Å². The molecule has 3 aromatic heterocycles. The number of rotatable bonds is 5. The van der Waals surface area contributed by atoms with Crippen molar-refractivity contribution in [2.45, 2.75) is 44.3 Å². The number of nitrogens with zero attached hydrogens (tertiary/aromatic N) is 5. The van der Waals surface area contributed by atoms with E-state index < -0.39 is 24.4 Å². The Morgan fingerprint density at radius 2 is 1.81 bits per heavy atom. The molecule has 0 unspecified atom stereocenters. The second kappa shape index (κ2) is 11.0. The number of aliphatic hydroxyl groups is 1. The molecule has 3 atom stereocenters. The van der Waals surface area contributed by atoms with Crippen molar-refractivity contribution in [1.82, 2.24) is 24.5 Å². The number of benzene rings is 1. The Hall–Kier alpha value is -2.70. The lowest BCUT2D eigenvalue weighted by atomic mass is 10.1. The number of aromatic nitrogens is 4. The van der Waals surface area contributed by atoms with Crippen LogP contribution in [0.25, 0.3) is 28.1 Å². The van der Waals surface area contributed by atoms with Gasteiger partial charge in [-0.3, -0.25) is 9.30 Å². The van der Waals surface area contributed by atoms with Crippen LogP contribution in [-0.4, -0.2) is 67.1 Å². The number of halogens is 5. The Bertz CT molecular complexity index is 1370. The quantitative estimate of drug-likeness (QED) is 0.378. The summed E-state index contributed by atoms with van der Waals surface area (Å²) >= 11 is 0. The van der Waals surface area contributed by atoms with Gasteiger partial charge in [-0.2, -0.15) is 13.2 Å². The molecule has 3 N–H and O–H groups in total. The number of aliphatic hydroxyl groups excluding tert-OH is 1. The van der Waals surface area contributed by atoms with Crippen LogP contribution in [-0.2, 0) is 0 Å². The predicted molar refractivity (Wildman–Crippen MR) is 138 cm³/mol. The molecule has 0 amide bonds. The highest BCUT2D eigenvalue weighted by atomic mass is 35.5. The number of fused-ring (bicyclic) bond motifs is 2. The average molecular weight is 559 g/mol. The molecule has 1 fully saturated rings. The number of pyridine rings is 2. The molecule has 1 aliphatic rings. The zero-order chi connectivity index (χ0) is 24.9. The molecule has 0 aliphatic carbocycles. The SMILES string of the molecule is CC(C)Oc1cccc2ccc(-c3nnc4ccc([C@@H](N5C[C@@H](N)[C@@H](O)C5)C(F)(F)F)cn34)nc12.Cl.Cl. The van der Waals surface area contributed by atoms with Crippen molar-refractivity contribution in [2.24, 2.45) is 5.73 Å². The highest BCUT2D eigenvalue weighted by molar-refractivity contribution is 5.86. The Morgan fingerprint density at radius 3 is 2.46 bits per heavy atom. The lowest BCUT2D eigenvalue weighted by Gasteiger charge is -2.29. The summed E-state index contributed by atoms with van der Waals surface area (Å²) in [5.74, 6) is 0.914. The Balaban J connectivity index is 0.00000190. The van der Waals surface area contributed by atoms with E-state index in [4.69, 9.17) is 15.5 Å². The lowest BCUT2D eigenvalue weighted by Crippen LogP contribution is -2.38. The zero-order valence-electron chi connectivity index (χ0n) is 20.0. The van der Waals surface area contributed by atoms with Gasteiger partial charge in [0.25, 0.3) is 0 Å². The van der Waals surface area contributed by atoms with Crippen LogP contribution < -0.4 is 10.5 Å². The fourth-order valence-electron chi connectivity index (χ4n) is 4.50. The second-order valence-corrected chi connectivity index (χ2v) is 9.03. The molecule has 37 heavy (non-hydrogen) atoms. The first kappa shape index (κ1) is 28.9. The van der Waals surface area contributed by atoms with Crippen LogP contribution in [0, 0.1) is 0 Å². The van der Waals surface area contributed by atoms with Gasteiger partial charge in [-0.15, -0.1) is 35.0 Å². The summed E-state index contributed by atoms with van der Waals surface area (Å²) < 4.78 is 49.8. The maximum absolute atomic E-state index is 14.2. The summed E-state index contributed by atoms with van der Waals surface area (Å²) in [6.07, 6.45) is -4.27. The second-order valence-electron chi connectivity index (χ2n) is 9.03. The van der Waals surface area contributed by atoms with E-state index in [1.165, 1.54) is 22.7 Å². The van der Waals surface area contributed by atoms with Gasteiger partial charge in [0, 0.05) is 30.7 Å². The maximum atomic E-state index is 14.2. The maximum Gasteiger partial charge on any atom is 0.408 e. The minimum Gasteiger partial charge on any atom is -0.489 e. The number of ether oxygens (including phenoxy) is 1. The van der Waals surface area contributed by atoms with Gasteiger partial charge in [0.15, 0.2) is 11.5 Å². The molecule has 0 saturated carbocycles. The third-order valence-electron chi connectivity index (χ3n) is 6.05. The molecule has 0 bridgehead atoms. The van der Waals surface area contributed by atoms with E-state index in [9.17, 15) is 18.3 Å². The molecule has 200 valence electrons. The fourth-order valence-corrected chi connectivity index (χ4v) is 4.50. The van der Waals surface area contributed by atoms with Crippen molar-refractivity contribution >= 4 is 41.4 Å². The third-order valence-corrected chi connectivity index (χ3v) is 6.05. The molecule has 1 aromatic carbocycles. The number of hydrogen-bond donors (Lipinski definition) is 2. The van der Waals surface area contributed by atoms with Crippen LogP contribution in [0.4, 0.5) is 13.2 Å². The molecule has 0 spiro atoms. The average Bonchev–Trinajstić information content (AvgIpc) is 3.35. The molecule has 4 aromatic rings. The van der Waals surface area contributed by atoms with Gasteiger partial charge in [-0.25, -0.2) is 4.98 Å². The Morgan fingerprint density at radius 1 is 1.05 bits per heavy atom. The largest absolute Gasteiger partial charge is 0.489 e. The van der Waals surface area contributed by atoms with Gasteiger partial charge in [0.05, 0.1) is 12.2 Å². The lowest BCUT2D eigenvalue weighted by molar-refractivity contribution is -0.184. The van der Waals surface area contributed by atoms with Crippen molar-refractivity contribution in [1.29, 1.82) is 0 Å². The van der Waals surface area contributed by atoms with Gasteiger partial charge < -0.3 is 15.6 Å². The first-order chi connectivity index (χ1) is 16.6. The van der Waals surface area contributed by atoms with Gasteiger partial charge in [-0.1, -0.05) is 24.3 Å². The van der Waals surface area contributed by atoms with Crippen molar-refractivity contribution in [3.63, 3.8) is 0 Å². The molecule has 4 heterocycles. The molecule has 1 saturated heterocycles. The van der Waals surface area contributed by atoms with Gasteiger partial charge in [-0.05, 0) is 37.6 Å². The van der Waals surface area contributed by atoms with Gasteiger partial charge in [0.2, 0.25) is 0 Å². The molecule has 0 radical (unpaired) electrons. The number of likely N-dealkylation sites (tertiary alicyclic amines) is 1. The molecule has 13 heteroatoms. The van der Waals surface area contributed by atoms with Crippen LogP contribution in [0.15, 0.2) is 48.7 Å². The molecule has 1 aliphatic heterocycles. The van der Waals surface area contributed by atoms with E-state index >= 15 is 0 Å². The summed E-state index contributed by atoms with van der Waals surface area (Å²) in [6, 6.07) is 9.42. The van der Waals surface area contributed by atoms with E-state index in [2.05, 4.69) is 10.2 Å². The van der Waals surface area contributed by atoms with Crippen LogP contribution in [0.2, 0.25) is 0 Å². The summed E-state index contributed by atoms with van der Waals surface area (Å²) in [4.78, 5) is 5.87. The summed E-state index contributed by atoms with van der Waals surface area (Å²) in [6.45, 7) is 3.60.